The van der Waals surface area contributed by atoms with E-state index in [1.165, 1.54) is 11.1 Å². The van der Waals surface area contributed by atoms with Gasteiger partial charge in [-0.15, -0.1) is 10.2 Å². The minimum atomic E-state index is 0.00708. The van der Waals surface area contributed by atoms with E-state index in [1.54, 1.807) is 0 Å². The van der Waals surface area contributed by atoms with Gasteiger partial charge >= 0.3 is 0 Å². The summed E-state index contributed by atoms with van der Waals surface area (Å²) in [5, 5.41) is 17.0. The van der Waals surface area contributed by atoms with Crippen molar-refractivity contribution < 1.29 is 4.79 Å². The number of nitrogens with zero attached hydrogens (tertiary/aromatic N) is 3. The van der Waals surface area contributed by atoms with E-state index in [2.05, 4.69) is 44.1 Å². The molecule has 1 unspecified atom stereocenters. The molecule has 6 heteroatoms. The molecule has 1 aliphatic rings. The number of H-pyrrole nitrogens is 1. The van der Waals surface area contributed by atoms with Crippen LogP contribution in [0.2, 0.25) is 0 Å². The molecule has 4 rings (SSSR count). The van der Waals surface area contributed by atoms with Crippen LogP contribution in [0.4, 0.5) is 5.69 Å². The summed E-state index contributed by atoms with van der Waals surface area (Å²) in [6, 6.07) is 15.9. The number of aryl methyl sites for hydroxylation is 1. The van der Waals surface area contributed by atoms with Gasteiger partial charge < -0.3 is 5.32 Å². The van der Waals surface area contributed by atoms with Crippen molar-refractivity contribution in [3.8, 4) is 11.4 Å². The second kappa shape index (κ2) is 6.23. The highest BCUT2D eigenvalue weighted by Crippen LogP contribution is 2.35. The molecule has 120 valence electrons. The summed E-state index contributed by atoms with van der Waals surface area (Å²) in [7, 11) is 0. The van der Waals surface area contributed by atoms with Gasteiger partial charge in [0.1, 0.15) is 0 Å². The minimum Gasteiger partial charge on any atom is -0.325 e. The lowest BCUT2D eigenvalue weighted by Gasteiger charge is -2.13. The summed E-state index contributed by atoms with van der Waals surface area (Å²) in [6.07, 6.45) is 2.56. The fourth-order valence-corrected chi connectivity index (χ4v) is 3.35. The van der Waals surface area contributed by atoms with Gasteiger partial charge in [0.15, 0.2) is 0 Å². The highest BCUT2D eigenvalue weighted by Gasteiger charge is 2.24. The fraction of sp³-hybridized carbons (Fsp3) is 0.222. The molecule has 0 aliphatic heterocycles. The first-order valence-electron chi connectivity index (χ1n) is 8.02. The highest BCUT2D eigenvalue weighted by molar-refractivity contribution is 5.95. The number of nitrogens with one attached hydrogen (secondary N) is 2. The van der Waals surface area contributed by atoms with Gasteiger partial charge in [-0.05, 0) is 47.2 Å². The topological polar surface area (TPSA) is 83.6 Å². The Bertz CT molecular complexity index is 859. The number of para-hydroxylation sites is 1. The summed E-state index contributed by atoms with van der Waals surface area (Å²) in [5.41, 5.74) is 4.13. The monoisotopic (exact) mass is 319 g/mol. The van der Waals surface area contributed by atoms with Gasteiger partial charge in [0.2, 0.25) is 11.7 Å². The van der Waals surface area contributed by atoms with Crippen LogP contribution < -0.4 is 5.32 Å². The van der Waals surface area contributed by atoms with Crippen LogP contribution in [0, 0.1) is 0 Å². The molecule has 0 saturated carbocycles. The van der Waals surface area contributed by atoms with Crippen LogP contribution in [0.25, 0.3) is 11.4 Å². The van der Waals surface area contributed by atoms with E-state index in [-0.39, 0.29) is 5.91 Å². The molecule has 1 aliphatic carbocycles. The fourth-order valence-electron chi connectivity index (χ4n) is 3.35. The molecule has 2 N–H and O–H groups in total. The van der Waals surface area contributed by atoms with E-state index in [0.29, 0.717) is 23.9 Å². The minimum absolute atomic E-state index is 0.00708. The van der Waals surface area contributed by atoms with Crippen LogP contribution in [0.3, 0.4) is 0 Å². The number of carbonyl (C=O) groups excluding carboxylic acids is 1. The van der Waals surface area contributed by atoms with Crippen molar-refractivity contribution in [2.24, 2.45) is 0 Å². The molecule has 0 radical (unpaired) electrons. The lowest BCUT2D eigenvalue weighted by molar-refractivity contribution is -0.116. The first-order valence-corrected chi connectivity index (χ1v) is 8.02. The molecular weight excluding hydrogens is 302 g/mol. The molecule has 1 atom stereocenters. The number of amides is 1. The van der Waals surface area contributed by atoms with Crippen LogP contribution >= 0.6 is 0 Å². The zero-order chi connectivity index (χ0) is 16.4. The maximum Gasteiger partial charge on any atom is 0.225 e. The van der Waals surface area contributed by atoms with Gasteiger partial charge in [-0.2, -0.15) is 5.21 Å². The Morgan fingerprint density at radius 2 is 2.00 bits per heavy atom. The predicted molar refractivity (Wildman–Crippen MR) is 90.4 cm³/mol. The summed E-state index contributed by atoms with van der Waals surface area (Å²) < 4.78 is 0. The number of fused-ring (bicyclic) bond motifs is 1. The van der Waals surface area contributed by atoms with Crippen molar-refractivity contribution in [1.82, 2.24) is 20.6 Å². The molecule has 1 amide bonds. The maximum absolute atomic E-state index is 12.5. The Kier molecular flexibility index (Phi) is 3.78. The summed E-state index contributed by atoms with van der Waals surface area (Å²) in [6.45, 7) is 0. The van der Waals surface area contributed by atoms with Crippen molar-refractivity contribution in [1.29, 1.82) is 0 Å². The maximum atomic E-state index is 12.5. The van der Waals surface area contributed by atoms with Crippen molar-refractivity contribution in [2.45, 2.75) is 25.2 Å². The Balaban J connectivity index is 1.50. The van der Waals surface area contributed by atoms with Gasteiger partial charge in [0, 0.05) is 12.0 Å². The third-order valence-electron chi connectivity index (χ3n) is 4.48. The average molecular weight is 319 g/mol. The molecule has 0 bridgehead atoms. The first kappa shape index (κ1) is 14.6. The Morgan fingerprint density at radius 1 is 1.17 bits per heavy atom. The van der Waals surface area contributed by atoms with Crippen molar-refractivity contribution in [3.05, 3.63) is 59.7 Å². The SMILES string of the molecule is O=C(CC1CCc2ccccc21)Nc1ccccc1-c1nn[nH]n1. The molecule has 6 nitrogen and oxygen atoms in total. The normalized spacial score (nSPS) is 15.9. The van der Waals surface area contributed by atoms with Gasteiger partial charge in [-0.25, -0.2) is 0 Å². The molecular formula is C18H17N5O. The number of rotatable bonds is 4. The Morgan fingerprint density at radius 3 is 2.88 bits per heavy atom. The zero-order valence-corrected chi connectivity index (χ0v) is 13.1. The van der Waals surface area contributed by atoms with E-state index < -0.39 is 0 Å². The third kappa shape index (κ3) is 2.78. The molecule has 2 aromatic carbocycles. The molecule has 0 fully saturated rings. The van der Waals surface area contributed by atoms with Gasteiger partial charge in [-0.1, -0.05) is 36.4 Å². The lowest BCUT2D eigenvalue weighted by Crippen LogP contribution is -2.15. The number of aromatic nitrogens is 4. The second-order valence-electron chi connectivity index (χ2n) is 5.97. The molecule has 0 spiro atoms. The average Bonchev–Trinajstić information content (AvgIpc) is 3.26. The van der Waals surface area contributed by atoms with Crippen LogP contribution in [0.15, 0.2) is 48.5 Å². The lowest BCUT2D eigenvalue weighted by atomic mass is 9.97. The molecule has 1 heterocycles. The highest BCUT2D eigenvalue weighted by atomic mass is 16.1. The van der Waals surface area contributed by atoms with E-state index >= 15 is 0 Å². The van der Waals surface area contributed by atoms with E-state index in [1.807, 2.05) is 30.3 Å². The third-order valence-corrected chi connectivity index (χ3v) is 4.48. The molecule has 0 saturated heterocycles. The standard InChI is InChI=1S/C18H17N5O/c24-17(11-13-10-9-12-5-1-2-6-14(12)13)19-16-8-4-3-7-15(16)18-20-22-23-21-18/h1-8,13H,9-11H2,(H,19,24)(H,20,21,22,23). The predicted octanol–water partition coefficient (Wildman–Crippen LogP) is 2.93. The van der Waals surface area contributed by atoms with Crippen LogP contribution in [0.5, 0.6) is 0 Å². The smallest absolute Gasteiger partial charge is 0.225 e. The number of hydrogen-bond donors (Lipinski definition) is 2. The largest absolute Gasteiger partial charge is 0.325 e. The van der Waals surface area contributed by atoms with E-state index in [9.17, 15) is 4.79 Å². The zero-order valence-electron chi connectivity index (χ0n) is 13.1. The number of anilines is 1. The molecule has 24 heavy (non-hydrogen) atoms. The van der Waals surface area contributed by atoms with Crippen molar-refractivity contribution in [2.75, 3.05) is 5.32 Å². The number of carbonyl (C=O) groups is 1. The van der Waals surface area contributed by atoms with Crippen LogP contribution in [-0.2, 0) is 11.2 Å². The summed E-state index contributed by atoms with van der Waals surface area (Å²) in [4.78, 5) is 12.5. The van der Waals surface area contributed by atoms with Gasteiger partial charge in [-0.3, -0.25) is 4.79 Å². The number of benzene rings is 2. The van der Waals surface area contributed by atoms with Gasteiger partial charge in [0.25, 0.3) is 0 Å². The van der Waals surface area contributed by atoms with Crippen LogP contribution in [0.1, 0.15) is 29.9 Å². The quantitative estimate of drug-likeness (QED) is 0.774. The number of hydrogen-bond acceptors (Lipinski definition) is 4. The van der Waals surface area contributed by atoms with E-state index in [0.717, 1.165) is 18.4 Å². The number of tetrazole rings is 1. The Hall–Kier alpha value is -3.02. The molecule has 3 aromatic rings. The second-order valence-corrected chi connectivity index (χ2v) is 5.97. The first-order chi connectivity index (χ1) is 11.8. The molecule has 1 aromatic heterocycles. The number of aromatic amines is 1. The van der Waals surface area contributed by atoms with Crippen molar-refractivity contribution in [3.63, 3.8) is 0 Å². The van der Waals surface area contributed by atoms with Crippen LogP contribution in [-0.4, -0.2) is 26.5 Å². The van der Waals surface area contributed by atoms with E-state index in [4.69, 9.17) is 0 Å². The summed E-state index contributed by atoms with van der Waals surface area (Å²) in [5.74, 6) is 0.767. The Labute approximate surface area is 139 Å². The van der Waals surface area contributed by atoms with Crippen molar-refractivity contribution >= 4 is 11.6 Å². The summed E-state index contributed by atoms with van der Waals surface area (Å²) >= 11 is 0. The van der Waals surface area contributed by atoms with Gasteiger partial charge in [0.05, 0.1) is 5.69 Å².